The van der Waals surface area contributed by atoms with Crippen LogP contribution >= 0.6 is 0 Å². The van der Waals surface area contributed by atoms with Gasteiger partial charge in [0.2, 0.25) is 0 Å². The van der Waals surface area contributed by atoms with Crippen molar-refractivity contribution in [3.63, 3.8) is 0 Å². The average molecular weight is 189 g/mol. The Morgan fingerprint density at radius 2 is 2.23 bits per heavy atom. The molecule has 0 aliphatic heterocycles. The summed E-state index contributed by atoms with van der Waals surface area (Å²) in [5.41, 5.74) is 0. The Kier molecular flexibility index (Phi) is 4.67. The normalized spacial score (nSPS) is 27.7. The molecule has 3 heteroatoms. The number of hydrogen-bond acceptors (Lipinski definition) is 2. The molecule has 2 nitrogen and oxygen atoms in total. The van der Waals surface area contributed by atoms with Crippen molar-refractivity contribution >= 4 is 0 Å². The third kappa shape index (κ3) is 4.05. The first-order valence-electron chi connectivity index (χ1n) is 5.19. The lowest BCUT2D eigenvalue weighted by atomic mass is 9.90. The lowest BCUT2D eigenvalue weighted by molar-refractivity contribution is 0.0737. The van der Waals surface area contributed by atoms with Crippen molar-refractivity contribution in [2.45, 2.75) is 51.4 Å². The number of nitrogens with one attached hydrogen (secondary N) is 1. The van der Waals surface area contributed by atoms with E-state index in [4.69, 9.17) is 4.74 Å². The van der Waals surface area contributed by atoms with Gasteiger partial charge < -0.3 is 10.1 Å². The molecule has 1 fully saturated rings. The van der Waals surface area contributed by atoms with Crippen LogP contribution in [0, 0.1) is 0 Å². The van der Waals surface area contributed by atoms with E-state index in [1.54, 1.807) is 0 Å². The smallest absolute Gasteiger partial charge is 0.115 e. The highest BCUT2D eigenvalue weighted by molar-refractivity contribution is 4.86. The number of alkyl halides is 1. The van der Waals surface area contributed by atoms with E-state index in [-0.39, 0.29) is 6.04 Å². The molecule has 1 rings (SSSR count). The number of hydrogen-bond donors (Lipinski definition) is 1. The summed E-state index contributed by atoms with van der Waals surface area (Å²) < 4.78 is 18.1. The van der Waals surface area contributed by atoms with Gasteiger partial charge in [-0.2, -0.15) is 0 Å². The van der Waals surface area contributed by atoms with Crippen molar-refractivity contribution in [1.82, 2.24) is 5.32 Å². The first kappa shape index (κ1) is 10.9. The predicted octanol–water partition coefficient (Wildman–Crippen LogP) is 1.89. The molecular weight excluding hydrogens is 169 g/mol. The quantitative estimate of drug-likeness (QED) is 0.644. The SMILES string of the molecule is CC(C)OCCCNC1CCC1F. The van der Waals surface area contributed by atoms with Crippen LogP contribution in [-0.4, -0.2) is 31.5 Å². The Bertz CT molecular complexity index is 141. The molecule has 0 aromatic heterocycles. The maximum Gasteiger partial charge on any atom is 0.115 e. The second kappa shape index (κ2) is 5.55. The fourth-order valence-corrected chi connectivity index (χ4v) is 1.37. The highest BCUT2D eigenvalue weighted by Crippen LogP contribution is 2.22. The zero-order chi connectivity index (χ0) is 9.68. The fourth-order valence-electron chi connectivity index (χ4n) is 1.37. The van der Waals surface area contributed by atoms with Gasteiger partial charge in [-0.15, -0.1) is 0 Å². The molecule has 0 bridgehead atoms. The van der Waals surface area contributed by atoms with E-state index in [0.717, 1.165) is 32.4 Å². The summed E-state index contributed by atoms with van der Waals surface area (Å²) in [5, 5.41) is 3.19. The third-order valence-corrected chi connectivity index (χ3v) is 2.37. The van der Waals surface area contributed by atoms with E-state index in [1.165, 1.54) is 0 Å². The predicted molar refractivity (Wildman–Crippen MR) is 51.6 cm³/mol. The number of rotatable bonds is 6. The van der Waals surface area contributed by atoms with E-state index in [0.29, 0.717) is 6.10 Å². The van der Waals surface area contributed by atoms with Gasteiger partial charge in [-0.25, -0.2) is 4.39 Å². The van der Waals surface area contributed by atoms with Crippen molar-refractivity contribution in [1.29, 1.82) is 0 Å². The number of ether oxygens (including phenoxy) is 1. The van der Waals surface area contributed by atoms with E-state index in [9.17, 15) is 4.39 Å². The molecule has 1 saturated carbocycles. The zero-order valence-corrected chi connectivity index (χ0v) is 8.55. The second-order valence-electron chi connectivity index (χ2n) is 3.93. The number of halogens is 1. The van der Waals surface area contributed by atoms with Gasteiger partial charge in [0.1, 0.15) is 6.17 Å². The maximum atomic E-state index is 12.7. The summed E-state index contributed by atoms with van der Waals surface area (Å²) in [6.07, 6.45) is 2.40. The van der Waals surface area contributed by atoms with Crippen LogP contribution in [0.15, 0.2) is 0 Å². The van der Waals surface area contributed by atoms with Crippen LogP contribution in [0.3, 0.4) is 0 Å². The summed E-state index contributed by atoms with van der Waals surface area (Å²) in [4.78, 5) is 0. The van der Waals surface area contributed by atoms with E-state index in [1.807, 2.05) is 13.8 Å². The standard InChI is InChI=1S/C10H20FNO/c1-8(2)13-7-3-6-12-10-5-4-9(10)11/h8-10,12H,3-7H2,1-2H3. The molecule has 78 valence electrons. The molecule has 0 heterocycles. The Labute approximate surface area is 79.8 Å². The first-order valence-corrected chi connectivity index (χ1v) is 5.19. The molecule has 1 aliphatic carbocycles. The monoisotopic (exact) mass is 189 g/mol. The molecule has 1 aliphatic rings. The summed E-state index contributed by atoms with van der Waals surface area (Å²) >= 11 is 0. The van der Waals surface area contributed by atoms with Crippen molar-refractivity contribution < 1.29 is 9.13 Å². The van der Waals surface area contributed by atoms with Gasteiger partial charge in [-0.3, -0.25) is 0 Å². The van der Waals surface area contributed by atoms with Crippen molar-refractivity contribution in [3.05, 3.63) is 0 Å². The first-order chi connectivity index (χ1) is 6.20. The summed E-state index contributed by atoms with van der Waals surface area (Å²) in [7, 11) is 0. The van der Waals surface area contributed by atoms with Crippen LogP contribution in [0.4, 0.5) is 4.39 Å². The van der Waals surface area contributed by atoms with E-state index >= 15 is 0 Å². The van der Waals surface area contributed by atoms with Gasteiger partial charge >= 0.3 is 0 Å². The van der Waals surface area contributed by atoms with Gasteiger partial charge in [0.05, 0.1) is 6.10 Å². The van der Waals surface area contributed by atoms with Gasteiger partial charge in [0, 0.05) is 12.6 Å². The Morgan fingerprint density at radius 3 is 2.69 bits per heavy atom. The summed E-state index contributed by atoms with van der Waals surface area (Å²) in [6.45, 7) is 5.69. The van der Waals surface area contributed by atoms with Crippen LogP contribution < -0.4 is 5.32 Å². The van der Waals surface area contributed by atoms with Crippen LogP contribution in [0.1, 0.15) is 33.1 Å². The van der Waals surface area contributed by atoms with Crippen LogP contribution in [-0.2, 0) is 4.74 Å². The molecular formula is C10H20FNO. The minimum atomic E-state index is -0.606. The lowest BCUT2D eigenvalue weighted by Gasteiger charge is -2.31. The maximum absolute atomic E-state index is 12.7. The van der Waals surface area contributed by atoms with Crippen molar-refractivity contribution in [2.24, 2.45) is 0 Å². The molecule has 2 atom stereocenters. The molecule has 1 N–H and O–H groups in total. The highest BCUT2D eigenvalue weighted by Gasteiger charge is 2.29. The summed E-state index contributed by atoms with van der Waals surface area (Å²) in [5.74, 6) is 0. The van der Waals surface area contributed by atoms with Gasteiger partial charge in [0.15, 0.2) is 0 Å². The Hall–Kier alpha value is -0.150. The molecule has 0 radical (unpaired) electrons. The van der Waals surface area contributed by atoms with E-state index in [2.05, 4.69) is 5.32 Å². The Morgan fingerprint density at radius 1 is 1.46 bits per heavy atom. The van der Waals surface area contributed by atoms with Crippen molar-refractivity contribution in [2.75, 3.05) is 13.2 Å². The highest BCUT2D eigenvalue weighted by atomic mass is 19.1. The third-order valence-electron chi connectivity index (χ3n) is 2.37. The van der Waals surface area contributed by atoms with Crippen LogP contribution in [0.25, 0.3) is 0 Å². The molecule has 0 aromatic rings. The lowest BCUT2D eigenvalue weighted by Crippen LogP contribution is -2.45. The minimum Gasteiger partial charge on any atom is -0.379 e. The zero-order valence-electron chi connectivity index (χ0n) is 8.55. The topological polar surface area (TPSA) is 21.3 Å². The van der Waals surface area contributed by atoms with Gasteiger partial charge in [-0.05, 0) is 39.7 Å². The molecule has 2 unspecified atom stereocenters. The van der Waals surface area contributed by atoms with Crippen LogP contribution in [0.2, 0.25) is 0 Å². The minimum absolute atomic E-state index is 0.124. The summed E-state index contributed by atoms with van der Waals surface area (Å²) in [6, 6.07) is 0.124. The molecule has 0 spiro atoms. The Balaban J connectivity index is 1.84. The largest absolute Gasteiger partial charge is 0.379 e. The molecule has 0 saturated heterocycles. The van der Waals surface area contributed by atoms with E-state index < -0.39 is 6.17 Å². The molecule has 0 amide bonds. The fraction of sp³-hybridized carbons (Fsp3) is 1.00. The second-order valence-corrected chi connectivity index (χ2v) is 3.93. The van der Waals surface area contributed by atoms with Gasteiger partial charge in [0.25, 0.3) is 0 Å². The van der Waals surface area contributed by atoms with Crippen LogP contribution in [0.5, 0.6) is 0 Å². The van der Waals surface area contributed by atoms with Crippen molar-refractivity contribution in [3.8, 4) is 0 Å². The van der Waals surface area contributed by atoms with Gasteiger partial charge in [-0.1, -0.05) is 0 Å². The molecule has 0 aromatic carbocycles. The molecule has 13 heavy (non-hydrogen) atoms. The average Bonchev–Trinajstić information content (AvgIpc) is 2.08.